The van der Waals surface area contributed by atoms with E-state index in [2.05, 4.69) is 11.3 Å². The van der Waals surface area contributed by atoms with Crippen LogP contribution in [0.15, 0.2) is 12.5 Å². The summed E-state index contributed by atoms with van der Waals surface area (Å²) in [5, 5.41) is 16.2. The molecule has 0 aliphatic carbocycles. The molecule has 0 spiro atoms. The van der Waals surface area contributed by atoms with Crippen molar-refractivity contribution in [2.45, 2.75) is 0 Å². The standard InChI is InChI=1S/C4H8O3/c1-4(6)7-3-2-5/h5-6H,1-3H2. The quantitative estimate of drug-likeness (QED) is 0.496. The minimum Gasteiger partial charge on any atom is -0.481 e. The summed E-state index contributed by atoms with van der Waals surface area (Å²) in [6.45, 7) is 3.02. The zero-order valence-electron chi connectivity index (χ0n) is 3.92. The van der Waals surface area contributed by atoms with E-state index in [1.807, 2.05) is 0 Å². The molecule has 0 bridgehead atoms. The van der Waals surface area contributed by atoms with E-state index in [9.17, 15) is 0 Å². The van der Waals surface area contributed by atoms with Gasteiger partial charge in [-0.15, -0.1) is 0 Å². The Kier molecular flexibility index (Phi) is 3.14. The summed E-state index contributed by atoms with van der Waals surface area (Å²) in [5.74, 6) is -0.353. The van der Waals surface area contributed by atoms with Gasteiger partial charge in [0.1, 0.15) is 6.61 Å². The molecule has 0 radical (unpaired) electrons. The van der Waals surface area contributed by atoms with Crippen molar-refractivity contribution < 1.29 is 14.9 Å². The van der Waals surface area contributed by atoms with Crippen molar-refractivity contribution in [3.63, 3.8) is 0 Å². The van der Waals surface area contributed by atoms with E-state index >= 15 is 0 Å². The first kappa shape index (κ1) is 6.30. The molecular weight excluding hydrogens is 96.0 g/mol. The van der Waals surface area contributed by atoms with E-state index < -0.39 is 0 Å². The Morgan fingerprint density at radius 1 is 1.71 bits per heavy atom. The van der Waals surface area contributed by atoms with Gasteiger partial charge in [-0.2, -0.15) is 0 Å². The molecule has 0 aliphatic heterocycles. The van der Waals surface area contributed by atoms with Crippen molar-refractivity contribution in [3.8, 4) is 0 Å². The molecule has 3 nitrogen and oxygen atoms in total. The van der Waals surface area contributed by atoms with Crippen LogP contribution in [0.3, 0.4) is 0 Å². The van der Waals surface area contributed by atoms with Crippen LogP contribution in [0.25, 0.3) is 0 Å². The molecule has 0 unspecified atom stereocenters. The Balaban J connectivity index is 2.82. The van der Waals surface area contributed by atoms with Crippen LogP contribution in [-0.2, 0) is 4.74 Å². The van der Waals surface area contributed by atoms with Gasteiger partial charge in [0.05, 0.1) is 6.61 Å². The lowest BCUT2D eigenvalue weighted by atomic mass is 10.8. The lowest BCUT2D eigenvalue weighted by Gasteiger charge is -1.96. The van der Waals surface area contributed by atoms with Gasteiger partial charge in [0.25, 0.3) is 5.95 Å². The number of aliphatic hydroxyl groups excluding tert-OH is 2. The summed E-state index contributed by atoms with van der Waals surface area (Å²) in [6, 6.07) is 0. The molecule has 3 heteroatoms. The van der Waals surface area contributed by atoms with Crippen molar-refractivity contribution in [1.29, 1.82) is 0 Å². The van der Waals surface area contributed by atoms with Gasteiger partial charge in [-0.3, -0.25) is 0 Å². The second kappa shape index (κ2) is 3.49. The Labute approximate surface area is 41.8 Å². The van der Waals surface area contributed by atoms with Crippen molar-refractivity contribution >= 4 is 0 Å². The van der Waals surface area contributed by atoms with E-state index in [4.69, 9.17) is 10.2 Å². The predicted molar refractivity (Wildman–Crippen MR) is 24.8 cm³/mol. The molecule has 7 heavy (non-hydrogen) atoms. The predicted octanol–water partition coefficient (Wildman–Crippen LogP) is 0.0245. The van der Waals surface area contributed by atoms with E-state index in [-0.39, 0.29) is 19.2 Å². The highest BCUT2D eigenvalue weighted by Crippen LogP contribution is 1.81. The van der Waals surface area contributed by atoms with Crippen LogP contribution in [0.5, 0.6) is 0 Å². The van der Waals surface area contributed by atoms with Gasteiger partial charge < -0.3 is 14.9 Å². The van der Waals surface area contributed by atoms with Crippen LogP contribution in [-0.4, -0.2) is 23.4 Å². The lowest BCUT2D eigenvalue weighted by Crippen LogP contribution is -1.96. The second-order valence-electron chi connectivity index (χ2n) is 0.966. The molecule has 42 valence electrons. The highest BCUT2D eigenvalue weighted by atomic mass is 16.6. The molecule has 0 aromatic heterocycles. The van der Waals surface area contributed by atoms with Gasteiger partial charge in [-0.25, -0.2) is 0 Å². The van der Waals surface area contributed by atoms with Crippen LogP contribution in [0, 0.1) is 0 Å². The molecule has 0 saturated carbocycles. The van der Waals surface area contributed by atoms with Crippen molar-refractivity contribution in [3.05, 3.63) is 12.5 Å². The largest absolute Gasteiger partial charge is 0.481 e. The molecule has 0 amide bonds. The molecule has 2 N–H and O–H groups in total. The van der Waals surface area contributed by atoms with Gasteiger partial charge >= 0.3 is 0 Å². The molecule has 0 fully saturated rings. The Morgan fingerprint density at radius 2 is 2.29 bits per heavy atom. The Bertz CT molecular complexity index is 60.0. The molecule has 0 aliphatic rings. The summed E-state index contributed by atoms with van der Waals surface area (Å²) >= 11 is 0. The first-order valence-electron chi connectivity index (χ1n) is 1.89. The third-order valence-electron chi connectivity index (χ3n) is 0.360. The van der Waals surface area contributed by atoms with E-state index in [1.165, 1.54) is 0 Å². The maximum absolute atomic E-state index is 8.16. The molecule has 0 aromatic carbocycles. The average Bonchev–Trinajstić information content (AvgIpc) is 1.61. The van der Waals surface area contributed by atoms with Crippen molar-refractivity contribution in [1.82, 2.24) is 0 Å². The van der Waals surface area contributed by atoms with Gasteiger partial charge in [-0.1, -0.05) is 0 Å². The fourth-order valence-electron chi connectivity index (χ4n) is 0.163. The summed E-state index contributed by atoms with van der Waals surface area (Å²) in [6.07, 6.45) is 0. The number of hydrogen-bond donors (Lipinski definition) is 2. The Hall–Kier alpha value is -0.700. The zero-order valence-corrected chi connectivity index (χ0v) is 3.92. The van der Waals surface area contributed by atoms with Crippen LogP contribution in [0.4, 0.5) is 0 Å². The Morgan fingerprint density at radius 3 is 2.43 bits per heavy atom. The molecule has 0 rings (SSSR count). The first-order valence-corrected chi connectivity index (χ1v) is 1.89. The maximum Gasteiger partial charge on any atom is 0.269 e. The highest BCUT2D eigenvalue weighted by Gasteiger charge is 1.82. The molecule has 0 atom stereocenters. The average molecular weight is 104 g/mol. The smallest absolute Gasteiger partial charge is 0.269 e. The summed E-state index contributed by atoms with van der Waals surface area (Å²) in [7, 11) is 0. The van der Waals surface area contributed by atoms with Crippen molar-refractivity contribution in [2.24, 2.45) is 0 Å². The minimum atomic E-state index is -0.353. The zero-order chi connectivity index (χ0) is 5.70. The third-order valence-corrected chi connectivity index (χ3v) is 0.360. The third kappa shape index (κ3) is 5.30. The van der Waals surface area contributed by atoms with Crippen LogP contribution >= 0.6 is 0 Å². The summed E-state index contributed by atoms with van der Waals surface area (Å²) in [5.41, 5.74) is 0. The molecule has 0 saturated heterocycles. The van der Waals surface area contributed by atoms with Crippen LogP contribution < -0.4 is 0 Å². The monoisotopic (exact) mass is 104 g/mol. The van der Waals surface area contributed by atoms with E-state index in [1.54, 1.807) is 0 Å². The van der Waals surface area contributed by atoms with Gasteiger partial charge in [0.2, 0.25) is 0 Å². The second-order valence-corrected chi connectivity index (χ2v) is 0.966. The summed E-state index contributed by atoms with van der Waals surface area (Å²) < 4.78 is 4.30. The van der Waals surface area contributed by atoms with E-state index in [0.717, 1.165) is 0 Å². The minimum absolute atomic E-state index is 0.0976. The molecular formula is C4H8O3. The van der Waals surface area contributed by atoms with Gasteiger partial charge in [0, 0.05) is 0 Å². The first-order chi connectivity index (χ1) is 3.27. The topological polar surface area (TPSA) is 49.7 Å². The maximum atomic E-state index is 8.16. The van der Waals surface area contributed by atoms with Gasteiger partial charge in [0.15, 0.2) is 0 Å². The fourth-order valence-corrected chi connectivity index (χ4v) is 0.163. The van der Waals surface area contributed by atoms with E-state index in [0.29, 0.717) is 0 Å². The fraction of sp³-hybridized carbons (Fsp3) is 0.500. The van der Waals surface area contributed by atoms with Crippen molar-refractivity contribution in [2.75, 3.05) is 13.2 Å². The normalized spacial score (nSPS) is 8.14. The number of rotatable bonds is 3. The summed E-state index contributed by atoms with van der Waals surface area (Å²) in [4.78, 5) is 0. The van der Waals surface area contributed by atoms with Gasteiger partial charge in [-0.05, 0) is 6.58 Å². The van der Waals surface area contributed by atoms with Crippen LogP contribution in [0.2, 0.25) is 0 Å². The lowest BCUT2D eigenvalue weighted by molar-refractivity contribution is 0.0680. The number of aliphatic hydroxyl groups is 2. The van der Waals surface area contributed by atoms with Crippen LogP contribution in [0.1, 0.15) is 0 Å². The molecule has 0 heterocycles. The molecule has 0 aromatic rings. The number of ether oxygens (including phenoxy) is 1. The SMILES string of the molecule is C=C(O)OCCO. The number of hydrogen-bond acceptors (Lipinski definition) is 3. The highest BCUT2D eigenvalue weighted by molar-refractivity contribution is 4.61.